The van der Waals surface area contributed by atoms with Crippen LogP contribution in [-0.2, 0) is 6.54 Å². The normalized spacial score (nSPS) is 11.1. The Morgan fingerprint density at radius 2 is 1.73 bits per heavy atom. The molecule has 7 heteroatoms. The molecule has 130 valence electrons. The molecule has 0 atom stereocenters. The quantitative estimate of drug-likeness (QED) is 0.504. The van der Waals surface area contributed by atoms with E-state index in [-0.39, 0.29) is 5.56 Å². The molecule has 0 unspecified atom stereocenters. The summed E-state index contributed by atoms with van der Waals surface area (Å²) < 4.78 is 7.17. The number of hydrogen-bond acceptors (Lipinski definition) is 6. The smallest absolute Gasteiger partial charge is 0.276 e. The van der Waals surface area contributed by atoms with Gasteiger partial charge in [0.05, 0.1) is 11.9 Å². The average molecular weight is 364 g/mol. The molecule has 4 rings (SSSR count). The maximum atomic E-state index is 12.9. The number of benzene rings is 2. The van der Waals surface area contributed by atoms with E-state index < -0.39 is 0 Å². The Labute approximate surface area is 153 Å². The van der Waals surface area contributed by atoms with E-state index in [4.69, 9.17) is 4.42 Å². The van der Waals surface area contributed by atoms with Gasteiger partial charge in [-0.2, -0.15) is 5.10 Å². The average Bonchev–Trinajstić information content (AvgIpc) is 3.14. The van der Waals surface area contributed by atoms with Crippen LogP contribution in [-0.4, -0.2) is 25.7 Å². The lowest BCUT2D eigenvalue weighted by Crippen LogP contribution is -2.24. The molecule has 2 aromatic carbocycles. The Hall–Kier alpha value is -2.93. The van der Waals surface area contributed by atoms with Crippen molar-refractivity contribution in [1.29, 1.82) is 0 Å². The van der Waals surface area contributed by atoms with Gasteiger partial charge in [0.1, 0.15) is 0 Å². The van der Waals surface area contributed by atoms with Crippen LogP contribution in [0.25, 0.3) is 22.4 Å². The summed E-state index contributed by atoms with van der Waals surface area (Å²) in [4.78, 5) is 12.9. The summed E-state index contributed by atoms with van der Waals surface area (Å²) >= 11 is 1.47. The van der Waals surface area contributed by atoms with Gasteiger partial charge in [-0.1, -0.05) is 67.2 Å². The highest BCUT2D eigenvalue weighted by Gasteiger charge is 2.17. The molecule has 0 saturated carbocycles. The fourth-order valence-electron chi connectivity index (χ4n) is 2.74. The lowest BCUT2D eigenvalue weighted by atomic mass is 10.1. The van der Waals surface area contributed by atoms with E-state index in [0.717, 1.165) is 11.3 Å². The van der Waals surface area contributed by atoms with Crippen LogP contribution in [0.1, 0.15) is 12.5 Å². The summed E-state index contributed by atoms with van der Waals surface area (Å²) in [5.74, 6) is 1.16. The van der Waals surface area contributed by atoms with Crippen LogP contribution in [0.2, 0.25) is 0 Å². The number of rotatable bonds is 5. The summed E-state index contributed by atoms with van der Waals surface area (Å²) in [7, 11) is 0. The summed E-state index contributed by atoms with van der Waals surface area (Å²) in [5.41, 5.74) is 1.37. The highest BCUT2D eigenvalue weighted by atomic mass is 32.2. The largest absolute Gasteiger partial charge is 0.410 e. The zero-order valence-corrected chi connectivity index (χ0v) is 14.9. The minimum absolute atomic E-state index is 0.143. The molecule has 0 aliphatic heterocycles. The predicted molar refractivity (Wildman–Crippen MR) is 101 cm³/mol. The molecule has 4 aromatic rings. The monoisotopic (exact) mass is 364 g/mol. The second-order valence-corrected chi connectivity index (χ2v) is 6.86. The fraction of sp³-hybridized carbons (Fsp3) is 0.158. The van der Waals surface area contributed by atoms with Crippen molar-refractivity contribution in [2.24, 2.45) is 0 Å². The van der Waals surface area contributed by atoms with E-state index in [0.29, 0.717) is 34.1 Å². The first kappa shape index (κ1) is 16.5. The van der Waals surface area contributed by atoms with Crippen molar-refractivity contribution in [2.75, 3.05) is 5.75 Å². The Kier molecular flexibility index (Phi) is 4.53. The van der Waals surface area contributed by atoms with Gasteiger partial charge >= 0.3 is 0 Å². The van der Waals surface area contributed by atoms with E-state index in [1.54, 1.807) is 6.07 Å². The van der Waals surface area contributed by atoms with Gasteiger partial charge in [-0.15, -0.1) is 10.2 Å². The maximum Gasteiger partial charge on any atom is 0.276 e. The molecular formula is C19H16N4O2S. The fourth-order valence-corrected chi connectivity index (χ4v) is 3.23. The Morgan fingerprint density at radius 1 is 1.00 bits per heavy atom. The standard InChI is InChI=1S/C19H16N4O2S/c1-2-26-19-21-20-17(25-19)16-14-10-6-7-11-15(14)18(24)23(22-16)12-13-8-4-3-5-9-13/h3-11H,2,12H2,1H3. The van der Waals surface area contributed by atoms with E-state index in [2.05, 4.69) is 15.3 Å². The third-order valence-electron chi connectivity index (χ3n) is 3.92. The van der Waals surface area contributed by atoms with Gasteiger partial charge in [-0.25, -0.2) is 4.68 Å². The molecule has 0 radical (unpaired) electrons. The van der Waals surface area contributed by atoms with Crippen molar-refractivity contribution in [2.45, 2.75) is 18.7 Å². The molecule has 26 heavy (non-hydrogen) atoms. The number of aromatic nitrogens is 4. The van der Waals surface area contributed by atoms with Crippen LogP contribution in [0.5, 0.6) is 0 Å². The van der Waals surface area contributed by atoms with Crippen LogP contribution in [0.15, 0.2) is 69.0 Å². The van der Waals surface area contributed by atoms with Crippen molar-refractivity contribution < 1.29 is 4.42 Å². The van der Waals surface area contributed by atoms with Crippen LogP contribution < -0.4 is 5.56 Å². The van der Waals surface area contributed by atoms with Crippen LogP contribution in [0, 0.1) is 0 Å². The van der Waals surface area contributed by atoms with Gasteiger partial charge < -0.3 is 4.42 Å². The zero-order chi connectivity index (χ0) is 17.9. The molecule has 0 N–H and O–H groups in total. The minimum Gasteiger partial charge on any atom is -0.410 e. The number of nitrogens with zero attached hydrogens (tertiary/aromatic N) is 4. The molecule has 0 bridgehead atoms. The third-order valence-corrected chi connectivity index (χ3v) is 4.62. The van der Waals surface area contributed by atoms with Gasteiger partial charge in [-0.05, 0) is 17.4 Å². The summed E-state index contributed by atoms with van der Waals surface area (Å²) in [6.07, 6.45) is 0. The second kappa shape index (κ2) is 7.13. The second-order valence-electron chi connectivity index (χ2n) is 5.65. The Morgan fingerprint density at radius 3 is 2.50 bits per heavy atom. The van der Waals surface area contributed by atoms with Gasteiger partial charge in [0.25, 0.3) is 16.7 Å². The molecule has 0 spiro atoms. The molecule has 0 aliphatic rings. The minimum atomic E-state index is -0.143. The topological polar surface area (TPSA) is 73.8 Å². The highest BCUT2D eigenvalue weighted by Crippen LogP contribution is 2.26. The van der Waals surface area contributed by atoms with Crippen LogP contribution in [0.4, 0.5) is 0 Å². The molecule has 0 aliphatic carbocycles. The SMILES string of the molecule is CCSc1nnc(-c2nn(Cc3ccccc3)c(=O)c3ccccc23)o1. The van der Waals surface area contributed by atoms with Gasteiger partial charge in [0.2, 0.25) is 0 Å². The molecule has 0 fully saturated rings. The van der Waals surface area contributed by atoms with E-state index in [9.17, 15) is 4.79 Å². The molecule has 0 saturated heterocycles. The Balaban J connectivity index is 1.88. The number of hydrogen-bond donors (Lipinski definition) is 0. The van der Waals surface area contributed by atoms with Gasteiger partial charge in [0.15, 0.2) is 5.69 Å². The molecule has 6 nitrogen and oxygen atoms in total. The highest BCUT2D eigenvalue weighted by molar-refractivity contribution is 7.99. The summed E-state index contributed by atoms with van der Waals surface area (Å²) in [6.45, 7) is 2.39. The van der Waals surface area contributed by atoms with E-state index >= 15 is 0 Å². The van der Waals surface area contributed by atoms with Crippen molar-refractivity contribution in [3.05, 3.63) is 70.5 Å². The van der Waals surface area contributed by atoms with Gasteiger partial charge in [0, 0.05) is 5.39 Å². The van der Waals surface area contributed by atoms with Crippen LogP contribution >= 0.6 is 11.8 Å². The molecule has 0 amide bonds. The lowest BCUT2D eigenvalue weighted by Gasteiger charge is -2.09. The first-order valence-corrected chi connectivity index (χ1v) is 9.25. The maximum absolute atomic E-state index is 12.9. The van der Waals surface area contributed by atoms with Gasteiger partial charge in [-0.3, -0.25) is 4.79 Å². The molecular weight excluding hydrogens is 348 g/mol. The molecule has 2 aromatic heterocycles. The third kappa shape index (κ3) is 3.13. The predicted octanol–water partition coefficient (Wildman–Crippen LogP) is 3.61. The van der Waals surface area contributed by atoms with Crippen molar-refractivity contribution in [1.82, 2.24) is 20.0 Å². The van der Waals surface area contributed by atoms with Crippen molar-refractivity contribution in [3.63, 3.8) is 0 Å². The van der Waals surface area contributed by atoms with E-state index in [1.807, 2.05) is 55.5 Å². The summed E-state index contributed by atoms with van der Waals surface area (Å²) in [5, 5.41) is 14.5. The number of fused-ring (bicyclic) bond motifs is 1. The molecule has 2 heterocycles. The first-order chi connectivity index (χ1) is 12.8. The zero-order valence-electron chi connectivity index (χ0n) is 14.1. The van der Waals surface area contributed by atoms with E-state index in [1.165, 1.54) is 16.4 Å². The van der Waals surface area contributed by atoms with Crippen LogP contribution in [0.3, 0.4) is 0 Å². The summed E-state index contributed by atoms with van der Waals surface area (Å²) in [6, 6.07) is 17.1. The number of thioether (sulfide) groups is 1. The first-order valence-electron chi connectivity index (χ1n) is 8.26. The lowest BCUT2D eigenvalue weighted by molar-refractivity contribution is 0.463. The van der Waals surface area contributed by atoms with Crippen molar-refractivity contribution in [3.8, 4) is 11.6 Å². The van der Waals surface area contributed by atoms with Crippen molar-refractivity contribution >= 4 is 22.5 Å². The Bertz CT molecular complexity index is 1110.